The zero-order valence-electron chi connectivity index (χ0n) is 16.7. The fourth-order valence-corrected chi connectivity index (χ4v) is 5.15. The Bertz CT molecular complexity index is 868. The number of rotatable bonds is 4. The average molecular weight is 412 g/mol. The fraction of sp³-hybridized carbons (Fsp3) is 0.560. The molecule has 2 saturated carbocycles. The fourth-order valence-electron chi connectivity index (χ4n) is 5.06. The van der Waals surface area contributed by atoms with Crippen molar-refractivity contribution in [1.29, 1.82) is 0 Å². The molecule has 0 spiro atoms. The lowest BCUT2D eigenvalue weighted by Crippen LogP contribution is -2.23. The van der Waals surface area contributed by atoms with Gasteiger partial charge >= 0.3 is 0 Å². The second-order valence-corrected chi connectivity index (χ2v) is 9.15. The van der Waals surface area contributed by atoms with Gasteiger partial charge in [0.2, 0.25) is 0 Å². The van der Waals surface area contributed by atoms with Crippen molar-refractivity contribution in [1.82, 2.24) is 0 Å². The molecule has 4 rings (SSSR count). The number of hydrogen-bond donors (Lipinski definition) is 0. The number of thiocarbonyl (C=S) groups is 1. The summed E-state index contributed by atoms with van der Waals surface area (Å²) in [6, 6.07) is 2.40. The molecule has 1 aromatic carbocycles. The minimum Gasteiger partial charge on any atom is -0.204 e. The Kier molecular flexibility index (Phi) is 6.58. The van der Waals surface area contributed by atoms with Crippen LogP contribution in [0.4, 0.5) is 14.5 Å². The lowest BCUT2D eigenvalue weighted by Gasteiger charge is -2.35. The molecule has 3 aliphatic carbocycles. The molecule has 1 unspecified atom stereocenters. The number of isothiocyanates is 1. The first kappa shape index (κ1) is 20.5. The van der Waals surface area contributed by atoms with Gasteiger partial charge in [0.25, 0.3) is 0 Å². The van der Waals surface area contributed by atoms with Crippen molar-refractivity contribution in [3.63, 3.8) is 0 Å². The molecule has 0 N–H and O–H groups in total. The first-order valence-corrected chi connectivity index (χ1v) is 11.3. The maximum absolute atomic E-state index is 13.9. The highest BCUT2D eigenvalue weighted by Gasteiger charge is 2.31. The number of halogens is 2. The van der Waals surface area contributed by atoms with Crippen LogP contribution >= 0.6 is 12.2 Å². The molecule has 0 amide bonds. The van der Waals surface area contributed by atoms with Gasteiger partial charge in [0.1, 0.15) is 5.69 Å². The van der Waals surface area contributed by atoms with Crippen LogP contribution in [0.25, 0.3) is 0 Å². The van der Waals surface area contributed by atoms with Crippen LogP contribution in [0, 0.1) is 47.1 Å². The molecule has 152 valence electrons. The van der Waals surface area contributed by atoms with Crippen molar-refractivity contribution in [3.8, 4) is 11.8 Å². The molecule has 1 aromatic rings. The van der Waals surface area contributed by atoms with E-state index in [1.165, 1.54) is 63.5 Å². The summed E-state index contributed by atoms with van der Waals surface area (Å²) in [5, 5.41) is 2.00. The van der Waals surface area contributed by atoms with Crippen LogP contribution in [-0.4, -0.2) is 5.16 Å². The quantitative estimate of drug-likeness (QED) is 0.286. The topological polar surface area (TPSA) is 12.4 Å². The van der Waals surface area contributed by atoms with Gasteiger partial charge < -0.3 is 0 Å². The van der Waals surface area contributed by atoms with Gasteiger partial charge in [0.05, 0.1) is 5.16 Å². The van der Waals surface area contributed by atoms with E-state index in [-0.39, 0.29) is 0 Å². The minimum atomic E-state index is -0.762. The van der Waals surface area contributed by atoms with E-state index in [1.54, 1.807) is 0 Å². The van der Waals surface area contributed by atoms with E-state index in [4.69, 9.17) is 0 Å². The van der Waals surface area contributed by atoms with Gasteiger partial charge in [-0.3, -0.25) is 0 Å². The average Bonchev–Trinajstić information content (AvgIpc) is 3.54. The monoisotopic (exact) mass is 411 g/mol. The van der Waals surface area contributed by atoms with Crippen molar-refractivity contribution >= 4 is 23.1 Å². The Morgan fingerprint density at radius 2 is 1.55 bits per heavy atom. The van der Waals surface area contributed by atoms with Crippen LogP contribution in [0.1, 0.15) is 69.8 Å². The molecule has 0 heterocycles. The zero-order valence-corrected chi connectivity index (χ0v) is 17.5. The summed E-state index contributed by atoms with van der Waals surface area (Å²) in [6.07, 6.45) is 15.6. The molecule has 1 nitrogen and oxygen atoms in total. The van der Waals surface area contributed by atoms with Crippen molar-refractivity contribution in [2.75, 3.05) is 0 Å². The second-order valence-electron chi connectivity index (χ2n) is 8.97. The largest absolute Gasteiger partial charge is 0.204 e. The van der Waals surface area contributed by atoms with Crippen molar-refractivity contribution in [2.45, 2.75) is 64.2 Å². The Morgan fingerprint density at radius 3 is 2.10 bits per heavy atom. The summed E-state index contributed by atoms with van der Waals surface area (Å²) < 4.78 is 27.8. The zero-order chi connectivity index (χ0) is 20.2. The third-order valence-corrected chi connectivity index (χ3v) is 7.01. The Balaban J connectivity index is 1.32. The maximum Gasteiger partial charge on any atom is 0.153 e. The van der Waals surface area contributed by atoms with Crippen LogP contribution in [0.5, 0.6) is 0 Å². The summed E-state index contributed by atoms with van der Waals surface area (Å²) in [6.45, 7) is 0. The highest BCUT2D eigenvalue weighted by Crippen LogP contribution is 2.44. The standard InChI is InChI=1S/C25H27F2NS/c26-23-14-20(15-24(27)25(23)28-16-29)4-1-17-5-9-21(10-6-17)22-11-7-19(8-12-22)13-18-2-3-18/h5,14-15,18-19,21-22H,2-3,6-13H2. The molecule has 0 radical (unpaired) electrons. The van der Waals surface area contributed by atoms with E-state index in [2.05, 4.69) is 35.1 Å². The number of nitrogens with zero attached hydrogens (tertiary/aromatic N) is 1. The van der Waals surface area contributed by atoms with E-state index < -0.39 is 17.3 Å². The van der Waals surface area contributed by atoms with Crippen LogP contribution in [0.15, 0.2) is 28.8 Å². The van der Waals surface area contributed by atoms with Gasteiger partial charge in [-0.05, 0) is 92.1 Å². The van der Waals surface area contributed by atoms with Crippen LogP contribution in [0.3, 0.4) is 0 Å². The van der Waals surface area contributed by atoms with Crippen LogP contribution < -0.4 is 0 Å². The highest BCUT2D eigenvalue weighted by atomic mass is 32.1. The third kappa shape index (κ3) is 5.41. The lowest BCUT2D eigenvalue weighted by molar-refractivity contribution is 0.184. The molecule has 29 heavy (non-hydrogen) atoms. The molecule has 3 aliphatic rings. The molecule has 0 aliphatic heterocycles. The van der Waals surface area contributed by atoms with E-state index in [9.17, 15) is 8.78 Å². The second kappa shape index (κ2) is 9.33. The first-order valence-electron chi connectivity index (χ1n) is 10.9. The lowest BCUT2D eigenvalue weighted by atomic mass is 9.70. The van der Waals surface area contributed by atoms with E-state index in [0.717, 1.165) is 42.1 Å². The van der Waals surface area contributed by atoms with Gasteiger partial charge in [0.15, 0.2) is 11.6 Å². The third-order valence-electron chi connectivity index (χ3n) is 6.91. The van der Waals surface area contributed by atoms with Crippen molar-refractivity contribution < 1.29 is 8.78 Å². The van der Waals surface area contributed by atoms with Gasteiger partial charge in [-0.2, -0.15) is 4.99 Å². The summed E-state index contributed by atoms with van der Waals surface area (Å²) in [7, 11) is 0. The molecule has 0 saturated heterocycles. The number of aliphatic imine (C=N–C) groups is 1. The SMILES string of the molecule is Fc1cc(C#CC2=CCC(C3CCC(CC4CC4)CC3)CC2)cc(F)c1N=C=S. The van der Waals surface area contributed by atoms with Crippen LogP contribution in [0.2, 0.25) is 0 Å². The van der Waals surface area contributed by atoms with Crippen molar-refractivity contribution in [2.24, 2.45) is 28.7 Å². The number of hydrogen-bond acceptors (Lipinski definition) is 2. The van der Waals surface area contributed by atoms with E-state index in [1.807, 2.05) is 5.16 Å². The van der Waals surface area contributed by atoms with Gasteiger partial charge in [0, 0.05) is 5.56 Å². The Morgan fingerprint density at radius 1 is 0.897 bits per heavy atom. The molecule has 1 atom stereocenters. The molecular formula is C25H27F2NS. The Labute approximate surface area is 177 Å². The molecule has 0 bridgehead atoms. The highest BCUT2D eigenvalue weighted by molar-refractivity contribution is 7.78. The number of benzene rings is 1. The minimum absolute atomic E-state index is 0.320. The Hall–Kier alpha value is -1.82. The predicted molar refractivity (Wildman–Crippen MR) is 116 cm³/mol. The van der Waals surface area contributed by atoms with E-state index in [0.29, 0.717) is 5.56 Å². The van der Waals surface area contributed by atoms with Crippen molar-refractivity contribution in [3.05, 3.63) is 41.0 Å². The smallest absolute Gasteiger partial charge is 0.153 e. The predicted octanol–water partition coefficient (Wildman–Crippen LogP) is 7.38. The summed E-state index contributed by atoms with van der Waals surface area (Å²) in [5.74, 6) is 8.19. The normalized spacial score (nSPS) is 26.7. The first-order chi connectivity index (χ1) is 14.1. The van der Waals surface area contributed by atoms with Crippen LogP contribution in [-0.2, 0) is 0 Å². The molecule has 0 aromatic heterocycles. The van der Waals surface area contributed by atoms with Gasteiger partial charge in [-0.1, -0.05) is 43.6 Å². The summed E-state index contributed by atoms with van der Waals surface area (Å²) >= 11 is 4.42. The van der Waals surface area contributed by atoms with Gasteiger partial charge in [-0.15, -0.1) is 0 Å². The van der Waals surface area contributed by atoms with Gasteiger partial charge in [-0.25, -0.2) is 8.78 Å². The molecule has 4 heteroatoms. The maximum atomic E-state index is 13.9. The molecule has 2 fully saturated rings. The summed E-state index contributed by atoms with van der Waals surface area (Å²) in [5.41, 5.74) is 1.00. The molecular weight excluding hydrogens is 384 g/mol. The van der Waals surface area contributed by atoms with E-state index >= 15 is 0 Å². The number of allylic oxidation sites excluding steroid dienone is 2. The summed E-state index contributed by atoms with van der Waals surface area (Å²) in [4.78, 5) is 3.43.